The summed E-state index contributed by atoms with van der Waals surface area (Å²) in [7, 11) is -0.328. The van der Waals surface area contributed by atoms with Crippen LogP contribution in [0.1, 0.15) is 60.5 Å². The molecule has 0 aliphatic carbocycles. The summed E-state index contributed by atoms with van der Waals surface area (Å²) in [5.74, 6) is 0. The molecule has 1 saturated heterocycles. The van der Waals surface area contributed by atoms with E-state index in [1.54, 1.807) is 0 Å². The zero-order chi connectivity index (χ0) is 21.0. The third-order valence-electron chi connectivity index (χ3n) is 5.03. The van der Waals surface area contributed by atoms with Gasteiger partial charge in [0.1, 0.15) is 5.60 Å². The molecule has 0 spiro atoms. The van der Waals surface area contributed by atoms with E-state index in [0.29, 0.717) is 6.54 Å². The van der Waals surface area contributed by atoms with Gasteiger partial charge in [-0.3, -0.25) is 0 Å². The van der Waals surface area contributed by atoms with Crippen LogP contribution in [0, 0.1) is 0 Å². The van der Waals surface area contributed by atoms with E-state index in [1.807, 2.05) is 20.8 Å². The summed E-state index contributed by atoms with van der Waals surface area (Å²) in [5.41, 5.74) is 1.11. The van der Waals surface area contributed by atoms with Gasteiger partial charge in [-0.2, -0.15) is 0 Å². The molecule has 0 aromatic heterocycles. The highest BCUT2D eigenvalue weighted by Gasteiger charge is 2.51. The highest BCUT2D eigenvalue weighted by molar-refractivity contribution is 6.62. The van der Waals surface area contributed by atoms with Crippen molar-refractivity contribution in [2.45, 2.75) is 78.2 Å². The van der Waals surface area contributed by atoms with Crippen LogP contribution in [0.3, 0.4) is 0 Å². The second kappa shape index (κ2) is 8.85. The van der Waals surface area contributed by atoms with Crippen LogP contribution < -0.4 is 16.1 Å². The van der Waals surface area contributed by atoms with Crippen molar-refractivity contribution in [1.82, 2.24) is 10.6 Å². The van der Waals surface area contributed by atoms with Crippen LogP contribution in [0.15, 0.2) is 24.3 Å². The number of carbonyl (C=O) groups is 1. The Morgan fingerprint density at radius 1 is 1.04 bits per heavy atom. The topological polar surface area (TPSA) is 68.8 Å². The van der Waals surface area contributed by atoms with Gasteiger partial charge in [-0.15, -0.1) is 0 Å². The van der Waals surface area contributed by atoms with Gasteiger partial charge >= 0.3 is 13.2 Å². The average Bonchev–Trinajstić information content (AvgIpc) is 2.77. The molecule has 156 valence electrons. The van der Waals surface area contributed by atoms with Gasteiger partial charge in [-0.05, 0) is 72.5 Å². The minimum absolute atomic E-state index is 0.328. The molecule has 1 fully saturated rings. The first-order chi connectivity index (χ1) is 12.9. The summed E-state index contributed by atoms with van der Waals surface area (Å²) in [4.78, 5) is 11.6. The third kappa shape index (κ3) is 6.50. The van der Waals surface area contributed by atoms with Crippen molar-refractivity contribution in [2.24, 2.45) is 0 Å². The highest BCUT2D eigenvalue weighted by atomic mass is 16.7. The predicted molar refractivity (Wildman–Crippen MR) is 113 cm³/mol. The first kappa shape index (κ1) is 22.7. The number of ether oxygens (including phenoxy) is 1. The second-order valence-electron chi connectivity index (χ2n) is 9.29. The van der Waals surface area contributed by atoms with Crippen LogP contribution in [-0.4, -0.2) is 43.1 Å². The lowest BCUT2D eigenvalue weighted by molar-refractivity contribution is 0.00578. The Hall–Kier alpha value is -1.57. The largest absolute Gasteiger partial charge is 0.494 e. The minimum atomic E-state index is -0.464. The van der Waals surface area contributed by atoms with Crippen LogP contribution in [-0.2, 0) is 20.6 Å². The van der Waals surface area contributed by atoms with E-state index < -0.39 is 5.60 Å². The Balaban J connectivity index is 1.68. The lowest BCUT2D eigenvalue weighted by Crippen LogP contribution is -2.41. The van der Waals surface area contributed by atoms with E-state index in [-0.39, 0.29) is 24.4 Å². The summed E-state index contributed by atoms with van der Waals surface area (Å²) < 4.78 is 17.4. The van der Waals surface area contributed by atoms with Gasteiger partial charge < -0.3 is 24.7 Å². The zero-order valence-corrected chi connectivity index (χ0v) is 18.3. The normalized spacial score (nSPS) is 18.2. The molecule has 7 heteroatoms. The summed E-state index contributed by atoms with van der Waals surface area (Å²) in [6.07, 6.45) is 0.469. The lowest BCUT2D eigenvalue weighted by Gasteiger charge is -2.32. The maximum absolute atomic E-state index is 11.6. The quantitative estimate of drug-likeness (QED) is 0.554. The van der Waals surface area contributed by atoms with E-state index in [4.69, 9.17) is 14.0 Å². The fourth-order valence-electron chi connectivity index (χ4n) is 2.72. The summed E-state index contributed by atoms with van der Waals surface area (Å²) >= 11 is 0. The molecule has 1 aromatic rings. The first-order valence-corrected chi connectivity index (χ1v) is 10.0. The van der Waals surface area contributed by atoms with Gasteiger partial charge in [0, 0.05) is 13.1 Å². The molecular formula is C21H35BN2O4. The number of amides is 1. The van der Waals surface area contributed by atoms with Gasteiger partial charge in [0.05, 0.1) is 11.2 Å². The van der Waals surface area contributed by atoms with Gasteiger partial charge in [0.25, 0.3) is 0 Å². The monoisotopic (exact) mass is 390 g/mol. The molecule has 1 aliphatic rings. The minimum Gasteiger partial charge on any atom is -0.444 e. The van der Waals surface area contributed by atoms with Crippen molar-refractivity contribution in [3.63, 3.8) is 0 Å². The van der Waals surface area contributed by atoms with Crippen LogP contribution in [0.5, 0.6) is 0 Å². The van der Waals surface area contributed by atoms with Crippen molar-refractivity contribution in [3.05, 3.63) is 29.8 Å². The standard InChI is InChI=1S/C21H35BN2O4/c1-19(2,3)26-18(25)24-14-8-13-23-15-16-9-11-17(12-10-16)22-27-20(4,5)21(6,7)28-22/h9-12,23H,8,13-15H2,1-7H3,(H,24,25). The van der Waals surface area contributed by atoms with E-state index in [2.05, 4.69) is 62.6 Å². The van der Waals surface area contributed by atoms with Crippen molar-refractivity contribution in [1.29, 1.82) is 0 Å². The molecule has 0 atom stereocenters. The number of alkyl carbamates (subject to hydrolysis) is 1. The maximum atomic E-state index is 11.6. The van der Waals surface area contributed by atoms with Gasteiger partial charge in [0.15, 0.2) is 0 Å². The summed E-state index contributed by atoms with van der Waals surface area (Å²) in [6, 6.07) is 8.30. The van der Waals surface area contributed by atoms with E-state index in [9.17, 15) is 4.79 Å². The predicted octanol–water partition coefficient (Wildman–Crippen LogP) is 2.99. The third-order valence-corrected chi connectivity index (χ3v) is 5.03. The van der Waals surface area contributed by atoms with Gasteiger partial charge in [-0.1, -0.05) is 24.3 Å². The smallest absolute Gasteiger partial charge is 0.444 e. The van der Waals surface area contributed by atoms with Crippen LogP contribution in [0.2, 0.25) is 0 Å². The van der Waals surface area contributed by atoms with Crippen molar-refractivity contribution >= 4 is 18.7 Å². The van der Waals surface area contributed by atoms with E-state index >= 15 is 0 Å². The van der Waals surface area contributed by atoms with Crippen molar-refractivity contribution in [2.75, 3.05) is 13.1 Å². The molecule has 0 saturated carbocycles. The zero-order valence-electron chi connectivity index (χ0n) is 18.3. The van der Waals surface area contributed by atoms with E-state index in [0.717, 1.165) is 25.0 Å². The Labute approximate surface area is 169 Å². The fraction of sp³-hybridized carbons (Fsp3) is 0.667. The van der Waals surface area contributed by atoms with Gasteiger partial charge in [-0.25, -0.2) is 4.79 Å². The number of hydrogen-bond acceptors (Lipinski definition) is 5. The van der Waals surface area contributed by atoms with E-state index in [1.165, 1.54) is 5.56 Å². The molecule has 0 bridgehead atoms. The molecule has 28 heavy (non-hydrogen) atoms. The lowest BCUT2D eigenvalue weighted by atomic mass is 9.79. The van der Waals surface area contributed by atoms with Crippen molar-refractivity contribution in [3.8, 4) is 0 Å². The number of hydrogen-bond donors (Lipinski definition) is 2. The summed E-state index contributed by atoms with van der Waals surface area (Å²) in [6.45, 7) is 16.0. The van der Waals surface area contributed by atoms with Crippen LogP contribution >= 0.6 is 0 Å². The summed E-state index contributed by atoms with van der Waals surface area (Å²) in [5, 5.41) is 6.15. The Kier molecular flexibility index (Phi) is 7.18. The van der Waals surface area contributed by atoms with Crippen LogP contribution in [0.4, 0.5) is 4.79 Å². The molecule has 2 N–H and O–H groups in total. The molecule has 0 unspecified atom stereocenters. The molecule has 1 heterocycles. The molecular weight excluding hydrogens is 355 g/mol. The number of carbonyl (C=O) groups excluding carboxylic acids is 1. The molecule has 1 aromatic carbocycles. The molecule has 2 rings (SSSR count). The molecule has 6 nitrogen and oxygen atoms in total. The second-order valence-corrected chi connectivity index (χ2v) is 9.29. The van der Waals surface area contributed by atoms with Gasteiger partial charge in [0.2, 0.25) is 0 Å². The Morgan fingerprint density at radius 2 is 1.61 bits per heavy atom. The Morgan fingerprint density at radius 3 is 2.14 bits per heavy atom. The van der Waals surface area contributed by atoms with Crippen LogP contribution in [0.25, 0.3) is 0 Å². The maximum Gasteiger partial charge on any atom is 0.494 e. The molecule has 1 amide bonds. The highest BCUT2D eigenvalue weighted by Crippen LogP contribution is 2.36. The molecule has 0 radical (unpaired) electrons. The van der Waals surface area contributed by atoms with Crippen molar-refractivity contribution < 1.29 is 18.8 Å². The Bertz CT molecular complexity index is 637. The number of rotatable bonds is 7. The SMILES string of the molecule is CC(C)(C)OC(=O)NCCCNCc1ccc(B2OC(C)(C)C(C)(C)O2)cc1. The number of nitrogens with one attached hydrogen (secondary N) is 2. The fourth-order valence-corrected chi connectivity index (χ4v) is 2.72. The average molecular weight is 390 g/mol. The molecule has 1 aliphatic heterocycles. The number of benzene rings is 1. The first-order valence-electron chi connectivity index (χ1n) is 10.0.